The second kappa shape index (κ2) is 9.34. The number of thiophene rings is 1. The van der Waals surface area contributed by atoms with Crippen LogP contribution in [0, 0.1) is 13.8 Å². The monoisotopic (exact) mass is 361 g/mol. The van der Waals surface area contributed by atoms with E-state index < -0.39 is 5.97 Å². The highest BCUT2D eigenvalue weighted by atomic mass is 32.1. The van der Waals surface area contributed by atoms with Crippen molar-refractivity contribution in [3.05, 3.63) is 51.5 Å². The summed E-state index contributed by atoms with van der Waals surface area (Å²) in [5.41, 5.74) is 3.45. The van der Waals surface area contributed by atoms with Crippen molar-refractivity contribution in [2.75, 3.05) is 20.3 Å². The SMILES string of the molecule is COCCCn1c(C)cc(C(=O)COC(=O)/C=C/c2ccsc2)c1C. The first-order valence-electron chi connectivity index (χ1n) is 8.09. The van der Waals surface area contributed by atoms with Gasteiger partial charge in [0, 0.05) is 43.3 Å². The van der Waals surface area contributed by atoms with Crippen molar-refractivity contribution in [2.45, 2.75) is 26.8 Å². The molecule has 25 heavy (non-hydrogen) atoms. The van der Waals surface area contributed by atoms with E-state index in [4.69, 9.17) is 9.47 Å². The van der Waals surface area contributed by atoms with Crippen LogP contribution in [0.2, 0.25) is 0 Å². The molecule has 0 aliphatic rings. The molecular formula is C19H23NO4S. The van der Waals surface area contributed by atoms with Gasteiger partial charge in [-0.25, -0.2) is 4.79 Å². The summed E-state index contributed by atoms with van der Waals surface area (Å²) >= 11 is 1.55. The van der Waals surface area contributed by atoms with Crippen LogP contribution < -0.4 is 0 Å². The molecular weight excluding hydrogens is 338 g/mol. The van der Waals surface area contributed by atoms with E-state index in [2.05, 4.69) is 4.57 Å². The molecule has 0 saturated carbocycles. The summed E-state index contributed by atoms with van der Waals surface area (Å²) in [5, 5.41) is 3.85. The Hall–Kier alpha value is -2.18. The largest absolute Gasteiger partial charge is 0.454 e. The van der Waals surface area contributed by atoms with Gasteiger partial charge in [0.1, 0.15) is 0 Å². The molecule has 0 saturated heterocycles. The predicted octanol–water partition coefficient (Wildman–Crippen LogP) is 3.64. The minimum absolute atomic E-state index is 0.191. The molecule has 0 spiro atoms. The average Bonchev–Trinajstić information content (AvgIpc) is 3.21. The highest BCUT2D eigenvalue weighted by Gasteiger charge is 2.16. The molecule has 0 aliphatic heterocycles. The molecule has 2 aromatic heterocycles. The fraction of sp³-hybridized carbons (Fsp3) is 0.368. The molecule has 0 atom stereocenters. The molecule has 134 valence electrons. The number of rotatable bonds is 9. The van der Waals surface area contributed by atoms with E-state index in [9.17, 15) is 9.59 Å². The molecule has 2 rings (SSSR count). The Kier molecular flexibility index (Phi) is 7.16. The van der Waals surface area contributed by atoms with E-state index in [1.54, 1.807) is 24.5 Å². The second-order valence-corrected chi connectivity index (χ2v) is 6.48. The van der Waals surface area contributed by atoms with Gasteiger partial charge in [-0.05, 0) is 54.8 Å². The third-order valence-corrected chi connectivity index (χ3v) is 4.61. The zero-order valence-corrected chi connectivity index (χ0v) is 15.6. The van der Waals surface area contributed by atoms with Gasteiger partial charge >= 0.3 is 5.97 Å². The maximum absolute atomic E-state index is 12.4. The molecule has 0 aromatic carbocycles. The first-order valence-corrected chi connectivity index (χ1v) is 9.03. The normalized spacial score (nSPS) is 11.2. The first kappa shape index (κ1) is 19.1. The number of esters is 1. The van der Waals surface area contributed by atoms with Gasteiger partial charge in [-0.3, -0.25) is 4.79 Å². The van der Waals surface area contributed by atoms with E-state index in [-0.39, 0.29) is 12.4 Å². The van der Waals surface area contributed by atoms with E-state index in [1.807, 2.05) is 36.7 Å². The number of hydrogen-bond donors (Lipinski definition) is 0. The van der Waals surface area contributed by atoms with Crippen molar-refractivity contribution in [3.8, 4) is 0 Å². The van der Waals surface area contributed by atoms with E-state index >= 15 is 0 Å². The van der Waals surface area contributed by atoms with Crippen LogP contribution in [-0.2, 0) is 20.8 Å². The third kappa shape index (κ3) is 5.41. The number of nitrogens with zero attached hydrogens (tertiary/aromatic N) is 1. The van der Waals surface area contributed by atoms with Gasteiger partial charge in [-0.15, -0.1) is 0 Å². The Morgan fingerprint density at radius 3 is 2.80 bits per heavy atom. The first-order chi connectivity index (χ1) is 12.0. The lowest BCUT2D eigenvalue weighted by Gasteiger charge is -2.09. The summed E-state index contributed by atoms with van der Waals surface area (Å²) in [7, 11) is 1.67. The Morgan fingerprint density at radius 1 is 1.32 bits per heavy atom. The maximum atomic E-state index is 12.4. The van der Waals surface area contributed by atoms with Gasteiger partial charge in [-0.1, -0.05) is 0 Å². The maximum Gasteiger partial charge on any atom is 0.331 e. The average molecular weight is 361 g/mol. The third-order valence-electron chi connectivity index (χ3n) is 3.90. The molecule has 2 aromatic rings. The smallest absolute Gasteiger partial charge is 0.331 e. The molecule has 0 radical (unpaired) electrons. The number of aryl methyl sites for hydroxylation is 1. The topological polar surface area (TPSA) is 57.5 Å². The highest BCUT2D eigenvalue weighted by molar-refractivity contribution is 7.08. The van der Waals surface area contributed by atoms with Crippen LogP contribution in [0.15, 0.2) is 29.0 Å². The van der Waals surface area contributed by atoms with Crippen LogP contribution in [-0.4, -0.2) is 36.6 Å². The molecule has 0 N–H and O–H groups in total. The lowest BCUT2D eigenvalue weighted by Crippen LogP contribution is -2.14. The van der Waals surface area contributed by atoms with Gasteiger partial charge in [0.2, 0.25) is 5.78 Å². The minimum Gasteiger partial charge on any atom is -0.454 e. The zero-order valence-electron chi connectivity index (χ0n) is 14.8. The van der Waals surface area contributed by atoms with Crippen molar-refractivity contribution in [1.82, 2.24) is 4.57 Å². The fourth-order valence-corrected chi connectivity index (χ4v) is 3.22. The summed E-state index contributed by atoms with van der Waals surface area (Å²) in [6, 6.07) is 3.75. The lowest BCUT2D eigenvalue weighted by molar-refractivity contribution is -0.136. The summed E-state index contributed by atoms with van der Waals surface area (Å²) in [6.07, 6.45) is 3.89. The van der Waals surface area contributed by atoms with Crippen LogP contribution in [0.4, 0.5) is 0 Å². The number of hydrogen-bond acceptors (Lipinski definition) is 5. The number of carbonyl (C=O) groups is 2. The van der Waals surface area contributed by atoms with Crippen LogP contribution in [0.25, 0.3) is 6.08 Å². The van der Waals surface area contributed by atoms with Gasteiger partial charge in [0.25, 0.3) is 0 Å². The summed E-state index contributed by atoms with van der Waals surface area (Å²) < 4.78 is 12.2. The van der Waals surface area contributed by atoms with Crippen LogP contribution >= 0.6 is 11.3 Å². The van der Waals surface area contributed by atoms with E-state index in [0.717, 1.165) is 29.9 Å². The van der Waals surface area contributed by atoms with Gasteiger partial charge in [-0.2, -0.15) is 11.3 Å². The van der Waals surface area contributed by atoms with Crippen LogP contribution in [0.1, 0.15) is 33.7 Å². The standard InChI is InChI=1S/C19H23NO4S/c1-14-11-17(15(2)20(14)8-4-9-23-3)18(21)12-24-19(22)6-5-16-7-10-25-13-16/h5-7,10-11,13H,4,8-9,12H2,1-3H3/b6-5+. The number of ketones is 1. The van der Waals surface area contributed by atoms with Crippen molar-refractivity contribution in [1.29, 1.82) is 0 Å². The second-order valence-electron chi connectivity index (χ2n) is 5.70. The molecule has 0 fully saturated rings. The molecule has 6 heteroatoms. The Bertz CT molecular complexity index is 744. The number of Topliss-reactive ketones (excluding diaryl/α,β-unsaturated/α-hetero) is 1. The zero-order chi connectivity index (χ0) is 18.2. The van der Waals surface area contributed by atoms with Crippen molar-refractivity contribution in [3.63, 3.8) is 0 Å². The number of ether oxygens (including phenoxy) is 2. The Balaban J connectivity index is 1.92. The Labute approximate surface area is 151 Å². The van der Waals surface area contributed by atoms with Crippen molar-refractivity contribution in [2.24, 2.45) is 0 Å². The summed E-state index contributed by atoms with van der Waals surface area (Å²) in [6.45, 7) is 5.09. The highest BCUT2D eigenvalue weighted by Crippen LogP contribution is 2.16. The Morgan fingerprint density at radius 2 is 2.12 bits per heavy atom. The van der Waals surface area contributed by atoms with Gasteiger partial charge in [0.15, 0.2) is 6.61 Å². The quantitative estimate of drug-likeness (QED) is 0.296. The molecule has 0 amide bonds. The summed E-state index contributed by atoms with van der Waals surface area (Å²) in [4.78, 5) is 24.1. The van der Waals surface area contributed by atoms with Crippen LogP contribution in [0.5, 0.6) is 0 Å². The predicted molar refractivity (Wildman–Crippen MR) is 99.0 cm³/mol. The number of aromatic nitrogens is 1. The van der Waals surface area contributed by atoms with E-state index in [0.29, 0.717) is 12.2 Å². The lowest BCUT2D eigenvalue weighted by atomic mass is 10.1. The van der Waals surface area contributed by atoms with Gasteiger partial charge < -0.3 is 14.0 Å². The molecule has 0 aliphatic carbocycles. The van der Waals surface area contributed by atoms with E-state index in [1.165, 1.54) is 6.08 Å². The summed E-state index contributed by atoms with van der Waals surface area (Å²) in [5.74, 6) is -0.711. The fourth-order valence-electron chi connectivity index (χ4n) is 2.59. The van der Waals surface area contributed by atoms with Crippen molar-refractivity contribution < 1.29 is 19.1 Å². The molecule has 0 unspecified atom stereocenters. The number of carbonyl (C=O) groups excluding carboxylic acids is 2. The minimum atomic E-state index is -0.520. The van der Waals surface area contributed by atoms with Crippen molar-refractivity contribution >= 4 is 29.2 Å². The molecule has 2 heterocycles. The molecule has 0 bridgehead atoms. The van der Waals surface area contributed by atoms with Crippen LogP contribution in [0.3, 0.4) is 0 Å². The number of methoxy groups -OCH3 is 1. The molecule has 5 nitrogen and oxygen atoms in total. The van der Waals surface area contributed by atoms with Gasteiger partial charge in [0.05, 0.1) is 0 Å².